The Balaban J connectivity index is 2.29. The molecule has 0 bridgehead atoms. The molecule has 1 fully saturated rings. The van der Waals surface area contributed by atoms with Crippen LogP contribution < -0.4 is 10.2 Å². The highest BCUT2D eigenvalue weighted by atomic mass is 79.9. The van der Waals surface area contributed by atoms with E-state index in [1.54, 1.807) is 0 Å². The third kappa shape index (κ3) is 4.46. The Morgan fingerprint density at radius 1 is 1.33 bits per heavy atom. The second-order valence-corrected chi connectivity index (χ2v) is 7.19. The van der Waals surface area contributed by atoms with Crippen LogP contribution in [0.15, 0.2) is 22.7 Å². The van der Waals surface area contributed by atoms with Gasteiger partial charge in [0.2, 0.25) is 0 Å². The molecule has 0 aromatic heterocycles. The van der Waals surface area contributed by atoms with Gasteiger partial charge in [-0.05, 0) is 57.4 Å². The zero-order chi connectivity index (χ0) is 15.2. The SMILES string of the molecule is CCCNC(C)c1ccc(Br)cc1N1CCCCCC1C. The molecule has 118 valence electrons. The molecule has 1 heterocycles. The number of anilines is 1. The highest BCUT2D eigenvalue weighted by Gasteiger charge is 2.21. The molecule has 1 aliphatic heterocycles. The number of nitrogens with zero attached hydrogens (tertiary/aromatic N) is 1. The van der Waals surface area contributed by atoms with Gasteiger partial charge in [0.1, 0.15) is 0 Å². The fourth-order valence-corrected chi connectivity index (χ4v) is 3.58. The smallest absolute Gasteiger partial charge is 0.0428 e. The molecule has 2 rings (SSSR count). The first-order chi connectivity index (χ1) is 10.1. The first-order valence-corrected chi connectivity index (χ1v) is 9.22. The summed E-state index contributed by atoms with van der Waals surface area (Å²) in [4.78, 5) is 2.62. The number of hydrogen-bond acceptors (Lipinski definition) is 2. The topological polar surface area (TPSA) is 15.3 Å². The van der Waals surface area contributed by atoms with Crippen molar-refractivity contribution >= 4 is 21.6 Å². The molecule has 3 heteroatoms. The minimum atomic E-state index is 0.406. The van der Waals surface area contributed by atoms with Gasteiger partial charge in [-0.25, -0.2) is 0 Å². The average Bonchev–Trinajstić information content (AvgIpc) is 2.69. The molecule has 1 N–H and O–H groups in total. The number of nitrogens with one attached hydrogen (secondary N) is 1. The molecule has 0 saturated carbocycles. The fourth-order valence-electron chi connectivity index (χ4n) is 3.24. The summed E-state index contributed by atoms with van der Waals surface area (Å²) in [5.74, 6) is 0. The normalized spacial score (nSPS) is 21.1. The molecule has 0 spiro atoms. The van der Waals surface area contributed by atoms with Crippen LogP contribution in [0.4, 0.5) is 5.69 Å². The summed E-state index contributed by atoms with van der Waals surface area (Å²) in [5.41, 5.74) is 2.84. The van der Waals surface area contributed by atoms with E-state index in [0.29, 0.717) is 12.1 Å². The molecule has 1 saturated heterocycles. The van der Waals surface area contributed by atoms with E-state index in [-0.39, 0.29) is 0 Å². The molecule has 21 heavy (non-hydrogen) atoms. The van der Waals surface area contributed by atoms with Crippen molar-refractivity contribution in [2.45, 2.75) is 65.0 Å². The van der Waals surface area contributed by atoms with Crippen LogP contribution >= 0.6 is 15.9 Å². The summed E-state index contributed by atoms with van der Waals surface area (Å²) in [7, 11) is 0. The quantitative estimate of drug-likeness (QED) is 0.775. The maximum absolute atomic E-state index is 3.66. The molecule has 2 unspecified atom stereocenters. The third-order valence-corrected chi connectivity index (χ3v) is 5.02. The number of benzene rings is 1. The maximum Gasteiger partial charge on any atom is 0.0428 e. The molecule has 0 aliphatic carbocycles. The van der Waals surface area contributed by atoms with Crippen molar-refractivity contribution in [3.63, 3.8) is 0 Å². The van der Waals surface area contributed by atoms with Gasteiger partial charge in [0.25, 0.3) is 0 Å². The van der Waals surface area contributed by atoms with Gasteiger partial charge in [0, 0.05) is 28.8 Å². The van der Waals surface area contributed by atoms with Crippen LogP contribution in [0.3, 0.4) is 0 Å². The summed E-state index contributed by atoms with van der Waals surface area (Å²) in [6, 6.07) is 7.80. The Morgan fingerprint density at radius 2 is 2.14 bits per heavy atom. The zero-order valence-corrected chi connectivity index (χ0v) is 15.2. The molecule has 1 aromatic carbocycles. The number of rotatable bonds is 5. The molecule has 2 atom stereocenters. The van der Waals surface area contributed by atoms with E-state index >= 15 is 0 Å². The molecular weight excluding hydrogens is 324 g/mol. The largest absolute Gasteiger partial charge is 0.369 e. The molecular formula is C18H29BrN2. The standard InChI is InChI=1S/C18H29BrN2/c1-4-11-20-15(3)17-10-9-16(19)13-18(17)21-12-7-5-6-8-14(21)2/h9-10,13-15,20H,4-8,11-12H2,1-3H3. The Bertz CT molecular complexity index is 447. The van der Waals surface area contributed by atoms with Crippen molar-refractivity contribution in [3.05, 3.63) is 28.2 Å². The summed E-state index contributed by atoms with van der Waals surface area (Å²) < 4.78 is 1.18. The lowest BCUT2D eigenvalue weighted by Gasteiger charge is -2.33. The van der Waals surface area contributed by atoms with Gasteiger partial charge in [0.05, 0.1) is 0 Å². The second-order valence-electron chi connectivity index (χ2n) is 6.27. The molecule has 1 aromatic rings. The summed E-state index contributed by atoms with van der Waals surface area (Å²) in [6.45, 7) is 9.14. The third-order valence-electron chi connectivity index (χ3n) is 4.52. The van der Waals surface area contributed by atoms with Crippen molar-refractivity contribution in [1.82, 2.24) is 5.32 Å². The summed E-state index contributed by atoms with van der Waals surface area (Å²) >= 11 is 3.66. The maximum atomic E-state index is 3.66. The van der Waals surface area contributed by atoms with Crippen LogP contribution in [0.5, 0.6) is 0 Å². The van der Waals surface area contributed by atoms with E-state index in [4.69, 9.17) is 0 Å². The van der Waals surface area contributed by atoms with E-state index in [9.17, 15) is 0 Å². The van der Waals surface area contributed by atoms with Gasteiger partial charge in [-0.3, -0.25) is 0 Å². The Hall–Kier alpha value is -0.540. The van der Waals surface area contributed by atoms with Crippen LogP contribution in [-0.4, -0.2) is 19.1 Å². The number of hydrogen-bond donors (Lipinski definition) is 1. The first-order valence-electron chi connectivity index (χ1n) is 8.43. The highest BCUT2D eigenvalue weighted by molar-refractivity contribution is 9.10. The summed E-state index contributed by atoms with van der Waals surface area (Å²) in [5, 5.41) is 3.64. The predicted octanol–water partition coefficient (Wildman–Crippen LogP) is 5.28. The lowest BCUT2D eigenvalue weighted by Crippen LogP contribution is -2.34. The molecule has 0 radical (unpaired) electrons. The molecule has 2 nitrogen and oxygen atoms in total. The zero-order valence-electron chi connectivity index (χ0n) is 13.7. The van der Waals surface area contributed by atoms with E-state index < -0.39 is 0 Å². The van der Waals surface area contributed by atoms with Gasteiger partial charge in [0.15, 0.2) is 0 Å². The van der Waals surface area contributed by atoms with Crippen molar-refractivity contribution in [3.8, 4) is 0 Å². The Labute approximate surface area is 138 Å². The molecule has 0 amide bonds. The lowest BCUT2D eigenvalue weighted by atomic mass is 10.0. The van der Waals surface area contributed by atoms with Crippen molar-refractivity contribution in [2.75, 3.05) is 18.0 Å². The average molecular weight is 353 g/mol. The number of halogens is 1. The minimum absolute atomic E-state index is 0.406. The molecule has 1 aliphatic rings. The van der Waals surface area contributed by atoms with Gasteiger partial charge in [-0.2, -0.15) is 0 Å². The van der Waals surface area contributed by atoms with Gasteiger partial charge in [-0.1, -0.05) is 41.8 Å². The van der Waals surface area contributed by atoms with Crippen LogP contribution in [0, 0.1) is 0 Å². The first kappa shape index (κ1) is 16.8. The predicted molar refractivity (Wildman–Crippen MR) is 96.1 cm³/mol. The van der Waals surface area contributed by atoms with Gasteiger partial charge >= 0.3 is 0 Å². The van der Waals surface area contributed by atoms with E-state index in [1.165, 1.54) is 54.4 Å². The van der Waals surface area contributed by atoms with Crippen LogP contribution in [0.1, 0.15) is 64.5 Å². The van der Waals surface area contributed by atoms with Crippen molar-refractivity contribution < 1.29 is 0 Å². The minimum Gasteiger partial charge on any atom is -0.369 e. The second kappa shape index (κ2) is 8.19. The highest BCUT2D eigenvalue weighted by Crippen LogP contribution is 2.33. The van der Waals surface area contributed by atoms with Crippen LogP contribution in [-0.2, 0) is 0 Å². The Kier molecular flexibility index (Phi) is 6.56. The van der Waals surface area contributed by atoms with E-state index in [0.717, 1.165) is 6.54 Å². The van der Waals surface area contributed by atoms with E-state index in [1.807, 2.05) is 0 Å². The van der Waals surface area contributed by atoms with Gasteiger partial charge in [-0.15, -0.1) is 0 Å². The van der Waals surface area contributed by atoms with Crippen molar-refractivity contribution in [2.24, 2.45) is 0 Å². The van der Waals surface area contributed by atoms with Gasteiger partial charge < -0.3 is 10.2 Å². The monoisotopic (exact) mass is 352 g/mol. The fraction of sp³-hybridized carbons (Fsp3) is 0.667. The van der Waals surface area contributed by atoms with Crippen LogP contribution in [0.2, 0.25) is 0 Å². The lowest BCUT2D eigenvalue weighted by molar-refractivity contribution is 0.562. The summed E-state index contributed by atoms with van der Waals surface area (Å²) in [6.07, 6.45) is 6.53. The Morgan fingerprint density at radius 3 is 2.90 bits per heavy atom. The van der Waals surface area contributed by atoms with Crippen LogP contribution in [0.25, 0.3) is 0 Å². The van der Waals surface area contributed by atoms with E-state index in [2.05, 4.69) is 65.1 Å². The van der Waals surface area contributed by atoms with Crippen molar-refractivity contribution in [1.29, 1.82) is 0 Å².